The van der Waals surface area contributed by atoms with Crippen LogP contribution in [0.3, 0.4) is 0 Å². The van der Waals surface area contributed by atoms with Crippen molar-refractivity contribution in [2.45, 2.75) is 20.1 Å². The second-order valence-corrected chi connectivity index (χ2v) is 7.08. The van der Waals surface area contributed by atoms with Crippen molar-refractivity contribution in [1.29, 1.82) is 0 Å². The molecular formula is C20H16BrF2N3O3. The lowest BCUT2D eigenvalue weighted by Crippen LogP contribution is -2.24. The molecule has 0 aliphatic heterocycles. The van der Waals surface area contributed by atoms with E-state index in [2.05, 4.69) is 20.9 Å². The van der Waals surface area contributed by atoms with Gasteiger partial charge in [0.1, 0.15) is 28.5 Å². The Kier molecular flexibility index (Phi) is 6.07. The second-order valence-electron chi connectivity index (χ2n) is 6.28. The highest BCUT2D eigenvalue weighted by molar-refractivity contribution is 9.10. The van der Waals surface area contributed by atoms with Crippen molar-refractivity contribution in [3.8, 4) is 5.75 Å². The van der Waals surface area contributed by atoms with Crippen LogP contribution >= 0.6 is 15.9 Å². The number of hydrogen-bond acceptors (Lipinski definition) is 4. The molecule has 0 unspecified atom stereocenters. The average Bonchev–Trinajstić information content (AvgIpc) is 2.68. The first-order valence-corrected chi connectivity index (χ1v) is 9.27. The molecule has 0 aliphatic rings. The maximum absolute atomic E-state index is 13.8. The molecule has 2 aromatic heterocycles. The monoisotopic (exact) mass is 463 g/mol. The molecule has 1 amide bonds. The summed E-state index contributed by atoms with van der Waals surface area (Å²) in [5.74, 6) is -1.75. The van der Waals surface area contributed by atoms with Crippen LogP contribution in [0.25, 0.3) is 0 Å². The SMILES string of the molecule is Cc1cc(OCc2ccc(F)cc2F)c(Br)c(=O)n1Cc1ccc(C(N)=O)cn1. The maximum atomic E-state index is 13.8. The molecule has 2 N–H and O–H groups in total. The summed E-state index contributed by atoms with van der Waals surface area (Å²) in [6, 6.07) is 7.97. The number of nitrogens with two attached hydrogens (primary N) is 1. The van der Waals surface area contributed by atoms with E-state index in [1.807, 2.05) is 0 Å². The van der Waals surface area contributed by atoms with Gasteiger partial charge >= 0.3 is 0 Å². The highest BCUT2D eigenvalue weighted by Crippen LogP contribution is 2.24. The van der Waals surface area contributed by atoms with Crippen LogP contribution in [-0.4, -0.2) is 15.5 Å². The van der Waals surface area contributed by atoms with Gasteiger partial charge in [-0.15, -0.1) is 0 Å². The molecule has 9 heteroatoms. The molecule has 0 atom stereocenters. The summed E-state index contributed by atoms with van der Waals surface area (Å²) >= 11 is 3.22. The molecule has 0 saturated carbocycles. The summed E-state index contributed by atoms with van der Waals surface area (Å²) in [4.78, 5) is 28.0. The van der Waals surface area contributed by atoms with E-state index in [1.54, 1.807) is 19.1 Å². The molecule has 0 saturated heterocycles. The molecule has 3 aromatic rings. The number of aromatic nitrogens is 2. The van der Waals surface area contributed by atoms with E-state index in [-0.39, 0.29) is 40.1 Å². The smallest absolute Gasteiger partial charge is 0.269 e. The van der Waals surface area contributed by atoms with Gasteiger partial charge in [0.15, 0.2) is 0 Å². The quantitative estimate of drug-likeness (QED) is 0.607. The van der Waals surface area contributed by atoms with E-state index in [4.69, 9.17) is 10.5 Å². The molecule has 1 aromatic carbocycles. The minimum absolute atomic E-state index is 0.163. The maximum Gasteiger partial charge on any atom is 0.269 e. The number of aryl methyl sites for hydroxylation is 1. The molecule has 0 bridgehead atoms. The zero-order valence-corrected chi connectivity index (χ0v) is 16.9. The highest BCUT2D eigenvalue weighted by Gasteiger charge is 2.14. The van der Waals surface area contributed by atoms with Gasteiger partial charge in [-0.05, 0) is 47.1 Å². The minimum atomic E-state index is -0.725. The van der Waals surface area contributed by atoms with Gasteiger partial charge in [-0.3, -0.25) is 14.6 Å². The zero-order chi connectivity index (χ0) is 21.1. The summed E-state index contributed by atoms with van der Waals surface area (Å²) in [6.07, 6.45) is 1.35. The fraction of sp³-hybridized carbons (Fsp3) is 0.150. The molecule has 3 rings (SSSR count). The van der Waals surface area contributed by atoms with E-state index in [0.717, 1.165) is 12.1 Å². The highest BCUT2D eigenvalue weighted by atomic mass is 79.9. The molecule has 150 valence electrons. The number of hydrogen-bond donors (Lipinski definition) is 1. The van der Waals surface area contributed by atoms with Crippen molar-refractivity contribution in [3.63, 3.8) is 0 Å². The number of carbonyl (C=O) groups excluding carboxylic acids is 1. The summed E-state index contributed by atoms with van der Waals surface area (Å²) < 4.78 is 34.0. The largest absolute Gasteiger partial charge is 0.487 e. The van der Waals surface area contributed by atoms with Gasteiger partial charge in [-0.2, -0.15) is 0 Å². The fourth-order valence-corrected chi connectivity index (χ4v) is 3.08. The zero-order valence-electron chi connectivity index (χ0n) is 15.3. The summed E-state index contributed by atoms with van der Waals surface area (Å²) in [5, 5.41) is 0. The third-order valence-electron chi connectivity index (χ3n) is 4.24. The number of halogens is 3. The average molecular weight is 464 g/mol. The Morgan fingerprint density at radius 3 is 2.62 bits per heavy atom. The van der Waals surface area contributed by atoms with Crippen molar-refractivity contribution in [3.05, 3.63) is 91.6 Å². The second kappa shape index (κ2) is 8.52. The molecular weight excluding hydrogens is 448 g/mol. The van der Waals surface area contributed by atoms with Crippen molar-refractivity contribution >= 4 is 21.8 Å². The lowest BCUT2D eigenvalue weighted by molar-refractivity contribution is 0.1000. The van der Waals surface area contributed by atoms with E-state index < -0.39 is 17.5 Å². The van der Waals surface area contributed by atoms with Crippen LogP contribution in [0.1, 0.15) is 27.3 Å². The lowest BCUT2D eigenvalue weighted by Gasteiger charge is -2.14. The summed E-state index contributed by atoms with van der Waals surface area (Å²) in [7, 11) is 0. The Hall–Kier alpha value is -3.07. The number of nitrogens with zero attached hydrogens (tertiary/aromatic N) is 2. The number of rotatable bonds is 6. The normalized spacial score (nSPS) is 10.8. The van der Waals surface area contributed by atoms with Crippen molar-refractivity contribution < 1.29 is 18.3 Å². The molecule has 0 radical (unpaired) electrons. The first kappa shape index (κ1) is 20.7. The Labute approximate surface area is 173 Å². The third-order valence-corrected chi connectivity index (χ3v) is 4.97. The Morgan fingerprint density at radius 1 is 1.24 bits per heavy atom. The number of amides is 1. The van der Waals surface area contributed by atoms with E-state index in [9.17, 15) is 18.4 Å². The topological polar surface area (TPSA) is 87.2 Å². The number of carbonyl (C=O) groups is 1. The third kappa shape index (κ3) is 4.68. The standard InChI is InChI=1S/C20H16BrF2N3O3/c1-11-6-17(29-10-13-2-4-14(22)7-16(13)23)18(21)20(28)26(11)9-15-5-3-12(8-25-15)19(24)27/h2-8H,9-10H2,1H3,(H2,24,27). The van der Waals surface area contributed by atoms with Crippen LogP contribution < -0.4 is 16.0 Å². The molecule has 6 nitrogen and oxygen atoms in total. The van der Waals surface area contributed by atoms with Crippen LogP contribution in [0.5, 0.6) is 5.75 Å². The van der Waals surface area contributed by atoms with Gasteiger partial charge in [-0.1, -0.05) is 0 Å². The molecule has 0 fully saturated rings. The van der Waals surface area contributed by atoms with Crippen molar-refractivity contribution in [2.24, 2.45) is 5.73 Å². The van der Waals surface area contributed by atoms with E-state index >= 15 is 0 Å². The van der Waals surface area contributed by atoms with Crippen molar-refractivity contribution in [1.82, 2.24) is 9.55 Å². The van der Waals surface area contributed by atoms with Crippen molar-refractivity contribution in [2.75, 3.05) is 0 Å². The van der Waals surface area contributed by atoms with Crippen LogP contribution in [0.4, 0.5) is 8.78 Å². The first-order chi connectivity index (χ1) is 13.8. The Bertz CT molecular complexity index is 1130. The number of pyridine rings is 2. The molecule has 0 aliphatic carbocycles. The number of primary amides is 1. The van der Waals surface area contributed by atoms with Crippen LogP contribution in [0.15, 0.2) is 51.9 Å². The minimum Gasteiger partial charge on any atom is -0.487 e. The van der Waals surface area contributed by atoms with Gasteiger partial charge in [-0.25, -0.2) is 8.78 Å². The van der Waals surface area contributed by atoms with Gasteiger partial charge < -0.3 is 15.0 Å². The van der Waals surface area contributed by atoms with E-state index in [0.29, 0.717) is 11.4 Å². The summed E-state index contributed by atoms with van der Waals surface area (Å²) in [6.45, 7) is 1.73. The van der Waals surface area contributed by atoms with Gasteiger partial charge in [0.2, 0.25) is 5.91 Å². The Morgan fingerprint density at radius 2 is 2.00 bits per heavy atom. The summed E-state index contributed by atoms with van der Waals surface area (Å²) in [5.41, 5.74) is 6.43. The Balaban J connectivity index is 1.82. The fourth-order valence-electron chi connectivity index (χ4n) is 2.64. The van der Waals surface area contributed by atoms with Gasteiger partial charge in [0, 0.05) is 29.6 Å². The predicted molar refractivity (Wildman–Crippen MR) is 106 cm³/mol. The number of ether oxygens (including phenoxy) is 1. The number of benzene rings is 1. The molecule has 2 heterocycles. The van der Waals surface area contributed by atoms with Gasteiger partial charge in [0.05, 0.1) is 17.8 Å². The van der Waals surface area contributed by atoms with E-state index in [1.165, 1.54) is 22.9 Å². The molecule has 29 heavy (non-hydrogen) atoms. The van der Waals surface area contributed by atoms with Gasteiger partial charge in [0.25, 0.3) is 5.56 Å². The van der Waals surface area contributed by atoms with Crippen LogP contribution in [0, 0.1) is 18.6 Å². The molecule has 0 spiro atoms. The lowest BCUT2D eigenvalue weighted by atomic mass is 10.2. The first-order valence-electron chi connectivity index (χ1n) is 8.47. The predicted octanol–water partition coefficient (Wildman–Crippen LogP) is 3.32. The van der Waals surface area contributed by atoms with Crippen LogP contribution in [0.2, 0.25) is 0 Å². The van der Waals surface area contributed by atoms with Crippen LogP contribution in [-0.2, 0) is 13.2 Å².